The van der Waals surface area contributed by atoms with E-state index in [1.165, 1.54) is 6.42 Å². The lowest BCUT2D eigenvalue weighted by Gasteiger charge is -2.18. The largest absolute Gasteiger partial charge is 0.406 e. The molecule has 0 aromatic carbocycles. The predicted molar refractivity (Wildman–Crippen MR) is 70.9 cm³/mol. The van der Waals surface area contributed by atoms with Gasteiger partial charge in [0, 0.05) is 0 Å². The van der Waals surface area contributed by atoms with E-state index in [4.69, 9.17) is 9.15 Å². The standard InChI is InChI=1S/C13H22N4O2/c1-3-6-14-8(2)12-16-17-13(19-12)15-10-7-9-4-5-11(10)18-9/h8-11,14H,3-7H2,1-2H3,(H,15,17). The SMILES string of the molecule is CCCNC(C)c1nnc(NC2CC3CCC2O3)o1. The van der Waals surface area contributed by atoms with Crippen molar-refractivity contribution in [1.29, 1.82) is 0 Å². The van der Waals surface area contributed by atoms with Crippen LogP contribution in [0.15, 0.2) is 4.42 Å². The molecule has 106 valence electrons. The fourth-order valence-corrected chi connectivity index (χ4v) is 2.86. The Morgan fingerprint density at radius 2 is 2.26 bits per heavy atom. The lowest BCUT2D eigenvalue weighted by Crippen LogP contribution is -2.30. The van der Waals surface area contributed by atoms with Crippen LogP contribution < -0.4 is 10.6 Å². The summed E-state index contributed by atoms with van der Waals surface area (Å²) in [6.45, 7) is 5.12. The number of fused-ring (bicyclic) bond motifs is 2. The molecule has 4 unspecified atom stereocenters. The van der Waals surface area contributed by atoms with Crippen molar-refractivity contribution in [2.45, 2.75) is 63.8 Å². The van der Waals surface area contributed by atoms with Gasteiger partial charge < -0.3 is 19.8 Å². The van der Waals surface area contributed by atoms with Gasteiger partial charge in [0.15, 0.2) is 0 Å². The highest BCUT2D eigenvalue weighted by Gasteiger charge is 2.41. The summed E-state index contributed by atoms with van der Waals surface area (Å²) in [6.07, 6.45) is 5.21. The molecule has 2 fully saturated rings. The average molecular weight is 266 g/mol. The Labute approximate surface area is 113 Å². The first-order valence-electron chi connectivity index (χ1n) is 7.25. The third-order valence-corrected chi connectivity index (χ3v) is 3.93. The van der Waals surface area contributed by atoms with Crippen LogP contribution in [0.3, 0.4) is 0 Å². The number of anilines is 1. The fourth-order valence-electron chi connectivity index (χ4n) is 2.86. The number of ether oxygens (including phenoxy) is 1. The van der Waals surface area contributed by atoms with Crippen molar-refractivity contribution in [2.75, 3.05) is 11.9 Å². The Morgan fingerprint density at radius 3 is 2.95 bits per heavy atom. The van der Waals surface area contributed by atoms with Gasteiger partial charge in [0.2, 0.25) is 5.89 Å². The second-order valence-electron chi connectivity index (χ2n) is 5.48. The van der Waals surface area contributed by atoms with E-state index in [0.29, 0.717) is 30.2 Å². The van der Waals surface area contributed by atoms with E-state index in [0.717, 1.165) is 25.8 Å². The minimum absolute atomic E-state index is 0.0966. The maximum absolute atomic E-state index is 5.80. The summed E-state index contributed by atoms with van der Waals surface area (Å²) < 4.78 is 11.5. The molecule has 1 aromatic rings. The summed E-state index contributed by atoms with van der Waals surface area (Å²) in [5.74, 6) is 0.639. The molecule has 3 rings (SSSR count). The number of nitrogens with zero attached hydrogens (tertiary/aromatic N) is 2. The normalized spacial score (nSPS) is 30.7. The number of nitrogens with one attached hydrogen (secondary N) is 2. The van der Waals surface area contributed by atoms with Gasteiger partial charge in [-0.05, 0) is 39.2 Å². The third-order valence-electron chi connectivity index (χ3n) is 3.93. The van der Waals surface area contributed by atoms with Crippen molar-refractivity contribution in [1.82, 2.24) is 15.5 Å². The minimum atomic E-state index is 0.0966. The molecule has 1 aromatic heterocycles. The van der Waals surface area contributed by atoms with E-state index < -0.39 is 0 Å². The predicted octanol–water partition coefficient (Wildman–Crippen LogP) is 1.86. The number of hydrogen-bond acceptors (Lipinski definition) is 6. The Kier molecular flexibility index (Phi) is 3.70. The van der Waals surface area contributed by atoms with Crippen LogP contribution >= 0.6 is 0 Å². The molecule has 3 heterocycles. The molecule has 2 bridgehead atoms. The second kappa shape index (κ2) is 5.46. The third kappa shape index (κ3) is 2.74. The van der Waals surface area contributed by atoms with Gasteiger partial charge in [-0.2, -0.15) is 0 Å². The summed E-state index contributed by atoms with van der Waals surface area (Å²) in [6, 6.07) is 0.937. The molecule has 2 N–H and O–H groups in total. The summed E-state index contributed by atoms with van der Waals surface area (Å²) in [4.78, 5) is 0. The fraction of sp³-hybridized carbons (Fsp3) is 0.846. The number of aromatic nitrogens is 2. The van der Waals surface area contributed by atoms with Crippen LogP contribution in [0.25, 0.3) is 0 Å². The lowest BCUT2D eigenvalue weighted by molar-refractivity contribution is 0.102. The first-order chi connectivity index (χ1) is 9.26. The van der Waals surface area contributed by atoms with E-state index >= 15 is 0 Å². The van der Waals surface area contributed by atoms with E-state index in [1.807, 2.05) is 6.92 Å². The van der Waals surface area contributed by atoms with Crippen molar-refractivity contribution in [2.24, 2.45) is 0 Å². The number of rotatable bonds is 6. The average Bonchev–Trinajstić information content (AvgIpc) is 3.11. The van der Waals surface area contributed by atoms with Gasteiger partial charge in [-0.1, -0.05) is 12.0 Å². The highest BCUT2D eigenvalue weighted by Crippen LogP contribution is 2.35. The summed E-state index contributed by atoms with van der Waals surface area (Å²) >= 11 is 0. The Hall–Kier alpha value is -1.14. The van der Waals surface area contributed by atoms with Gasteiger partial charge in [0.25, 0.3) is 0 Å². The summed E-state index contributed by atoms with van der Waals surface area (Å²) in [7, 11) is 0. The van der Waals surface area contributed by atoms with E-state index in [-0.39, 0.29) is 6.04 Å². The lowest BCUT2D eigenvalue weighted by atomic mass is 9.96. The zero-order valence-electron chi connectivity index (χ0n) is 11.6. The van der Waals surface area contributed by atoms with Crippen LogP contribution in [0.5, 0.6) is 0 Å². The van der Waals surface area contributed by atoms with Crippen molar-refractivity contribution < 1.29 is 9.15 Å². The van der Waals surface area contributed by atoms with Crippen LogP contribution in [-0.2, 0) is 4.74 Å². The smallest absolute Gasteiger partial charge is 0.315 e. The molecule has 0 amide bonds. The second-order valence-corrected chi connectivity index (χ2v) is 5.48. The molecule has 2 aliphatic rings. The molecule has 0 aliphatic carbocycles. The van der Waals surface area contributed by atoms with Crippen molar-refractivity contribution in [3.8, 4) is 0 Å². The van der Waals surface area contributed by atoms with Gasteiger partial charge in [-0.25, -0.2) is 0 Å². The van der Waals surface area contributed by atoms with Crippen LogP contribution in [0.1, 0.15) is 51.5 Å². The van der Waals surface area contributed by atoms with Crippen LogP contribution in [0.2, 0.25) is 0 Å². The van der Waals surface area contributed by atoms with Crippen molar-refractivity contribution in [3.05, 3.63) is 5.89 Å². The van der Waals surface area contributed by atoms with Gasteiger partial charge in [0.1, 0.15) is 0 Å². The molecule has 4 atom stereocenters. The first kappa shape index (κ1) is 12.9. The molecular formula is C13H22N4O2. The molecule has 0 spiro atoms. The van der Waals surface area contributed by atoms with Gasteiger partial charge in [0.05, 0.1) is 24.3 Å². The van der Waals surface area contributed by atoms with E-state index in [9.17, 15) is 0 Å². The molecule has 6 heteroatoms. The molecule has 6 nitrogen and oxygen atoms in total. The maximum atomic E-state index is 5.80. The molecule has 0 saturated carbocycles. The zero-order chi connectivity index (χ0) is 13.2. The van der Waals surface area contributed by atoms with Crippen LogP contribution in [0, 0.1) is 0 Å². The molecular weight excluding hydrogens is 244 g/mol. The van der Waals surface area contributed by atoms with E-state index in [1.54, 1.807) is 0 Å². The maximum Gasteiger partial charge on any atom is 0.315 e. The highest BCUT2D eigenvalue weighted by atomic mass is 16.5. The van der Waals surface area contributed by atoms with E-state index in [2.05, 4.69) is 27.8 Å². The minimum Gasteiger partial charge on any atom is -0.406 e. The Morgan fingerprint density at radius 1 is 1.37 bits per heavy atom. The Balaban J connectivity index is 1.56. The Bertz CT molecular complexity index is 423. The van der Waals surface area contributed by atoms with Gasteiger partial charge in [-0.15, -0.1) is 5.10 Å². The molecule has 0 radical (unpaired) electrons. The topological polar surface area (TPSA) is 72.2 Å². The molecule has 2 saturated heterocycles. The quantitative estimate of drug-likeness (QED) is 0.819. The highest BCUT2D eigenvalue weighted by molar-refractivity contribution is 5.23. The van der Waals surface area contributed by atoms with Crippen molar-refractivity contribution >= 4 is 6.01 Å². The first-order valence-corrected chi connectivity index (χ1v) is 7.25. The zero-order valence-corrected chi connectivity index (χ0v) is 11.6. The molecule has 2 aliphatic heterocycles. The van der Waals surface area contributed by atoms with Gasteiger partial charge >= 0.3 is 6.01 Å². The molecule has 19 heavy (non-hydrogen) atoms. The summed E-state index contributed by atoms with van der Waals surface area (Å²) in [5.41, 5.74) is 0. The number of hydrogen-bond donors (Lipinski definition) is 2. The van der Waals surface area contributed by atoms with Crippen LogP contribution in [0.4, 0.5) is 6.01 Å². The van der Waals surface area contributed by atoms with Crippen LogP contribution in [-0.4, -0.2) is 35.0 Å². The summed E-state index contributed by atoms with van der Waals surface area (Å²) in [5, 5.41) is 14.8. The monoisotopic (exact) mass is 266 g/mol. The van der Waals surface area contributed by atoms with Crippen molar-refractivity contribution in [3.63, 3.8) is 0 Å². The van der Waals surface area contributed by atoms with Gasteiger partial charge in [-0.3, -0.25) is 0 Å².